The molecule has 1 amide bonds. The second-order valence-electron chi connectivity index (χ2n) is 4.04. The van der Waals surface area contributed by atoms with Crippen LogP contribution in [0.3, 0.4) is 0 Å². The summed E-state index contributed by atoms with van der Waals surface area (Å²) >= 11 is 11.6. The first-order chi connectivity index (χ1) is 8.56. The molecule has 6 heteroatoms. The van der Waals surface area contributed by atoms with Gasteiger partial charge in [-0.1, -0.05) is 23.2 Å². The van der Waals surface area contributed by atoms with Crippen LogP contribution in [0.25, 0.3) is 0 Å². The van der Waals surface area contributed by atoms with E-state index < -0.39 is 5.97 Å². The molecule has 0 radical (unpaired) electrons. The van der Waals surface area contributed by atoms with Gasteiger partial charge in [0.2, 0.25) is 0 Å². The fourth-order valence-corrected chi connectivity index (χ4v) is 1.73. The van der Waals surface area contributed by atoms with E-state index in [1.807, 2.05) is 0 Å². The van der Waals surface area contributed by atoms with Crippen LogP contribution >= 0.6 is 23.2 Å². The third kappa shape index (κ3) is 3.62. The van der Waals surface area contributed by atoms with E-state index in [1.54, 1.807) is 6.07 Å². The van der Waals surface area contributed by atoms with Gasteiger partial charge in [0.15, 0.2) is 6.61 Å². The minimum Gasteiger partial charge on any atom is -0.452 e. The number of ether oxygens (including phenoxy) is 1. The van der Waals surface area contributed by atoms with Crippen LogP contribution in [0, 0.1) is 0 Å². The van der Waals surface area contributed by atoms with E-state index >= 15 is 0 Å². The molecule has 1 aliphatic carbocycles. The highest BCUT2D eigenvalue weighted by Crippen LogP contribution is 2.21. The van der Waals surface area contributed by atoms with Gasteiger partial charge in [-0.25, -0.2) is 4.79 Å². The molecule has 2 rings (SSSR count). The maximum Gasteiger partial charge on any atom is 0.340 e. The lowest BCUT2D eigenvalue weighted by atomic mass is 10.2. The summed E-state index contributed by atoms with van der Waals surface area (Å²) in [5, 5.41) is 3.34. The van der Waals surface area contributed by atoms with Gasteiger partial charge in [0, 0.05) is 11.1 Å². The topological polar surface area (TPSA) is 55.4 Å². The predicted molar refractivity (Wildman–Crippen MR) is 67.9 cm³/mol. The Morgan fingerprint density at radius 1 is 1.33 bits per heavy atom. The zero-order valence-corrected chi connectivity index (χ0v) is 10.9. The van der Waals surface area contributed by atoms with Crippen molar-refractivity contribution in [2.45, 2.75) is 18.9 Å². The number of amides is 1. The highest BCUT2D eigenvalue weighted by atomic mass is 35.5. The van der Waals surface area contributed by atoms with Gasteiger partial charge in [0.25, 0.3) is 5.91 Å². The van der Waals surface area contributed by atoms with Crippen molar-refractivity contribution in [3.63, 3.8) is 0 Å². The molecule has 0 bridgehead atoms. The summed E-state index contributed by atoms with van der Waals surface area (Å²) in [7, 11) is 0. The molecule has 1 saturated carbocycles. The highest BCUT2D eigenvalue weighted by Gasteiger charge is 2.23. The van der Waals surface area contributed by atoms with E-state index in [4.69, 9.17) is 27.9 Å². The normalized spacial score (nSPS) is 14.1. The van der Waals surface area contributed by atoms with Gasteiger partial charge in [-0.3, -0.25) is 4.79 Å². The molecular formula is C12H11Cl2NO3. The Hall–Kier alpha value is -1.26. The van der Waals surface area contributed by atoms with Crippen LogP contribution in [-0.2, 0) is 9.53 Å². The molecule has 1 aliphatic rings. The van der Waals surface area contributed by atoms with Crippen LogP contribution in [-0.4, -0.2) is 24.5 Å². The Balaban J connectivity index is 1.90. The van der Waals surface area contributed by atoms with Crippen LogP contribution in [0.1, 0.15) is 23.2 Å². The molecule has 0 saturated heterocycles. The van der Waals surface area contributed by atoms with E-state index in [-0.39, 0.29) is 29.1 Å². The van der Waals surface area contributed by atoms with Crippen molar-refractivity contribution in [2.24, 2.45) is 0 Å². The molecule has 96 valence electrons. The van der Waals surface area contributed by atoms with Crippen LogP contribution in [0.5, 0.6) is 0 Å². The lowest BCUT2D eigenvalue weighted by Crippen LogP contribution is -2.30. The fraction of sp³-hybridized carbons (Fsp3) is 0.333. The predicted octanol–water partition coefficient (Wildman–Crippen LogP) is 2.43. The summed E-state index contributed by atoms with van der Waals surface area (Å²) in [5.41, 5.74) is 0.156. The molecule has 1 fully saturated rings. The molecule has 0 aliphatic heterocycles. The maximum atomic E-state index is 11.7. The number of nitrogens with one attached hydrogen (secondary N) is 1. The number of benzene rings is 1. The summed E-state index contributed by atoms with van der Waals surface area (Å²) in [4.78, 5) is 23.0. The lowest BCUT2D eigenvalue weighted by molar-refractivity contribution is -0.124. The second-order valence-corrected chi connectivity index (χ2v) is 4.89. The molecule has 4 nitrogen and oxygen atoms in total. The van der Waals surface area contributed by atoms with Crippen LogP contribution < -0.4 is 5.32 Å². The number of esters is 1. The lowest BCUT2D eigenvalue weighted by Gasteiger charge is -2.07. The highest BCUT2D eigenvalue weighted by molar-refractivity contribution is 6.35. The summed E-state index contributed by atoms with van der Waals surface area (Å²) in [6.45, 7) is -0.307. The molecule has 0 unspecified atom stereocenters. The molecule has 0 heterocycles. The molecule has 0 atom stereocenters. The molecular weight excluding hydrogens is 277 g/mol. The van der Waals surface area contributed by atoms with Crippen molar-refractivity contribution >= 4 is 35.1 Å². The van der Waals surface area contributed by atoms with Crippen molar-refractivity contribution in [3.05, 3.63) is 33.8 Å². The quantitative estimate of drug-likeness (QED) is 0.866. The molecule has 1 aromatic rings. The zero-order valence-electron chi connectivity index (χ0n) is 9.41. The molecule has 18 heavy (non-hydrogen) atoms. The maximum absolute atomic E-state index is 11.7. The van der Waals surface area contributed by atoms with Crippen LogP contribution in [0.15, 0.2) is 18.2 Å². The van der Waals surface area contributed by atoms with Gasteiger partial charge in [-0.05, 0) is 31.0 Å². The number of hydrogen-bond acceptors (Lipinski definition) is 3. The monoisotopic (exact) mass is 287 g/mol. The Morgan fingerprint density at radius 3 is 2.72 bits per heavy atom. The standard InChI is InChI=1S/C12H11Cl2NO3/c13-7-1-4-10(14)9(5-7)12(17)18-6-11(16)15-8-2-3-8/h1,4-5,8H,2-3,6H2,(H,15,16). The second kappa shape index (κ2) is 5.59. The third-order valence-corrected chi connectivity index (χ3v) is 2.99. The van der Waals surface area contributed by atoms with Crippen molar-refractivity contribution in [1.82, 2.24) is 5.32 Å². The van der Waals surface area contributed by atoms with Crippen molar-refractivity contribution in [1.29, 1.82) is 0 Å². The average molecular weight is 288 g/mol. The largest absolute Gasteiger partial charge is 0.452 e. The number of rotatable bonds is 4. The van der Waals surface area contributed by atoms with E-state index in [0.717, 1.165) is 12.8 Å². The van der Waals surface area contributed by atoms with Gasteiger partial charge in [-0.15, -0.1) is 0 Å². The first-order valence-corrected chi connectivity index (χ1v) is 6.23. The minimum atomic E-state index is -0.659. The van der Waals surface area contributed by atoms with Gasteiger partial charge < -0.3 is 10.1 Å². The van der Waals surface area contributed by atoms with E-state index in [1.165, 1.54) is 12.1 Å². The number of hydrogen-bond donors (Lipinski definition) is 1. The summed E-state index contributed by atoms with van der Waals surface area (Å²) in [5.74, 6) is -0.961. The number of carbonyl (C=O) groups is 2. The summed E-state index contributed by atoms with van der Waals surface area (Å²) in [6, 6.07) is 4.72. The molecule has 0 spiro atoms. The fourth-order valence-electron chi connectivity index (χ4n) is 1.36. The molecule has 0 aromatic heterocycles. The van der Waals surface area contributed by atoms with Crippen molar-refractivity contribution in [2.75, 3.05) is 6.61 Å². The minimum absolute atomic E-state index is 0.156. The number of carbonyl (C=O) groups excluding carboxylic acids is 2. The summed E-state index contributed by atoms with van der Waals surface area (Å²) in [6.07, 6.45) is 1.97. The first kappa shape index (κ1) is 13.2. The van der Waals surface area contributed by atoms with Gasteiger partial charge in [-0.2, -0.15) is 0 Å². The van der Waals surface area contributed by atoms with Crippen LogP contribution in [0.4, 0.5) is 0 Å². The third-order valence-electron chi connectivity index (χ3n) is 2.43. The molecule has 1 aromatic carbocycles. The Labute approximate surface area is 114 Å². The van der Waals surface area contributed by atoms with Gasteiger partial charge in [0.1, 0.15) is 0 Å². The Bertz CT molecular complexity index is 486. The Morgan fingerprint density at radius 2 is 2.06 bits per heavy atom. The van der Waals surface area contributed by atoms with E-state index in [9.17, 15) is 9.59 Å². The molecule has 1 N–H and O–H groups in total. The van der Waals surface area contributed by atoms with Crippen molar-refractivity contribution < 1.29 is 14.3 Å². The van der Waals surface area contributed by atoms with E-state index in [0.29, 0.717) is 5.02 Å². The van der Waals surface area contributed by atoms with Crippen molar-refractivity contribution in [3.8, 4) is 0 Å². The van der Waals surface area contributed by atoms with Crippen LogP contribution in [0.2, 0.25) is 10.0 Å². The number of halogens is 2. The van der Waals surface area contributed by atoms with E-state index in [2.05, 4.69) is 5.32 Å². The van der Waals surface area contributed by atoms with Gasteiger partial charge in [0.05, 0.1) is 10.6 Å². The Kier molecular flexibility index (Phi) is 4.09. The SMILES string of the molecule is O=C(COC(=O)c1cc(Cl)ccc1Cl)NC1CC1. The zero-order chi connectivity index (χ0) is 13.1. The van der Waals surface area contributed by atoms with Gasteiger partial charge >= 0.3 is 5.97 Å². The average Bonchev–Trinajstić information content (AvgIpc) is 3.13. The summed E-state index contributed by atoms with van der Waals surface area (Å²) < 4.78 is 4.86. The first-order valence-electron chi connectivity index (χ1n) is 5.48. The smallest absolute Gasteiger partial charge is 0.340 e.